The quantitative estimate of drug-likeness (QED) is 0.239. The third-order valence-electron chi connectivity index (χ3n) is 2.28. The zero-order valence-electron chi connectivity index (χ0n) is 11.6. The van der Waals surface area contributed by atoms with Crippen molar-refractivity contribution in [1.82, 2.24) is 0 Å². The molecule has 0 N–H and O–H groups in total. The zero-order valence-corrected chi connectivity index (χ0v) is 13.1. The molecule has 0 aromatic rings. The van der Waals surface area contributed by atoms with E-state index in [0.717, 1.165) is 0 Å². The molecular formula is C14H22Cl2O4. The second-order valence-electron chi connectivity index (χ2n) is 4.07. The van der Waals surface area contributed by atoms with Gasteiger partial charge in [0.05, 0.1) is 13.2 Å². The molecule has 0 amide bonds. The minimum Gasteiger partial charge on any atom is -0.466 e. The van der Waals surface area contributed by atoms with Gasteiger partial charge in [0.2, 0.25) is 0 Å². The molecule has 20 heavy (non-hydrogen) atoms. The first kappa shape index (κ1) is 19.3. The molecule has 0 aliphatic rings. The predicted molar refractivity (Wildman–Crippen MR) is 80.2 cm³/mol. The average molecular weight is 325 g/mol. The van der Waals surface area contributed by atoms with E-state index in [1.165, 1.54) is 0 Å². The topological polar surface area (TPSA) is 52.6 Å². The Kier molecular flexibility index (Phi) is 14.1. The summed E-state index contributed by atoms with van der Waals surface area (Å²) >= 11 is 10.9. The Labute approximate surface area is 130 Å². The van der Waals surface area contributed by atoms with Crippen LogP contribution in [0.1, 0.15) is 38.5 Å². The highest BCUT2D eigenvalue weighted by Gasteiger charge is 2.01. The molecule has 0 unspecified atom stereocenters. The Bertz CT molecular complexity index is 265. The van der Waals surface area contributed by atoms with Crippen LogP contribution in [0.3, 0.4) is 0 Å². The Morgan fingerprint density at radius 1 is 0.800 bits per heavy atom. The summed E-state index contributed by atoms with van der Waals surface area (Å²) in [5.74, 6) is 0.544. The molecule has 0 bridgehead atoms. The number of hydrogen-bond acceptors (Lipinski definition) is 4. The van der Waals surface area contributed by atoms with Gasteiger partial charge >= 0.3 is 11.9 Å². The highest BCUT2D eigenvalue weighted by Crippen LogP contribution is 2.00. The SMILES string of the molecule is O=C(CCC=CCCC(=O)OCCCCl)OCCCCl. The molecule has 6 heteroatoms. The van der Waals surface area contributed by atoms with Gasteiger partial charge in [0.15, 0.2) is 0 Å². The number of carbonyl (C=O) groups is 2. The fourth-order valence-electron chi connectivity index (χ4n) is 1.26. The number of hydrogen-bond donors (Lipinski definition) is 0. The Morgan fingerprint density at radius 3 is 1.55 bits per heavy atom. The van der Waals surface area contributed by atoms with E-state index in [-0.39, 0.29) is 11.9 Å². The molecule has 116 valence electrons. The van der Waals surface area contributed by atoms with E-state index in [1.54, 1.807) is 0 Å². The van der Waals surface area contributed by atoms with Gasteiger partial charge in [0.1, 0.15) is 0 Å². The molecule has 0 saturated heterocycles. The second kappa shape index (κ2) is 14.7. The molecule has 0 atom stereocenters. The largest absolute Gasteiger partial charge is 0.466 e. The molecule has 0 rings (SSSR count). The summed E-state index contributed by atoms with van der Waals surface area (Å²) in [6.07, 6.45) is 7.01. The highest BCUT2D eigenvalue weighted by atomic mass is 35.5. The molecule has 0 aliphatic carbocycles. The first-order valence-electron chi connectivity index (χ1n) is 6.79. The maximum Gasteiger partial charge on any atom is 0.306 e. The van der Waals surface area contributed by atoms with Crippen LogP contribution in [0.2, 0.25) is 0 Å². The maximum absolute atomic E-state index is 11.2. The van der Waals surface area contributed by atoms with Gasteiger partial charge in [0, 0.05) is 24.6 Å². The minimum absolute atomic E-state index is 0.222. The van der Waals surface area contributed by atoms with Crippen LogP contribution in [0.15, 0.2) is 12.2 Å². The van der Waals surface area contributed by atoms with Gasteiger partial charge in [-0.2, -0.15) is 0 Å². The molecule has 4 nitrogen and oxygen atoms in total. The monoisotopic (exact) mass is 324 g/mol. The Balaban J connectivity index is 3.43. The van der Waals surface area contributed by atoms with Crippen LogP contribution < -0.4 is 0 Å². The average Bonchev–Trinajstić information content (AvgIpc) is 2.43. The number of ether oxygens (including phenoxy) is 2. The molecule has 0 fully saturated rings. The fraction of sp³-hybridized carbons (Fsp3) is 0.714. The summed E-state index contributed by atoms with van der Waals surface area (Å²) < 4.78 is 9.88. The van der Waals surface area contributed by atoms with Crippen LogP contribution in [-0.2, 0) is 19.1 Å². The van der Waals surface area contributed by atoms with Gasteiger partial charge in [-0.15, -0.1) is 23.2 Å². The van der Waals surface area contributed by atoms with Crippen LogP contribution >= 0.6 is 23.2 Å². The lowest BCUT2D eigenvalue weighted by molar-refractivity contribution is -0.144. The number of esters is 2. The molecule has 0 saturated carbocycles. The number of alkyl halides is 2. The summed E-state index contributed by atoms with van der Waals surface area (Å²) in [4.78, 5) is 22.4. The second-order valence-corrected chi connectivity index (χ2v) is 4.83. The Hall–Kier alpha value is -0.740. The van der Waals surface area contributed by atoms with E-state index in [9.17, 15) is 9.59 Å². The van der Waals surface area contributed by atoms with Crippen molar-refractivity contribution in [3.8, 4) is 0 Å². The number of halogens is 2. The van der Waals surface area contributed by atoms with Crippen molar-refractivity contribution in [2.75, 3.05) is 25.0 Å². The normalized spacial score (nSPS) is 10.7. The molecule has 0 aromatic heterocycles. The summed E-state index contributed by atoms with van der Waals surface area (Å²) in [6.45, 7) is 0.750. The van der Waals surface area contributed by atoms with Crippen molar-refractivity contribution >= 4 is 35.1 Å². The van der Waals surface area contributed by atoms with Crippen LogP contribution in [0, 0.1) is 0 Å². The first-order valence-corrected chi connectivity index (χ1v) is 7.85. The van der Waals surface area contributed by atoms with E-state index in [0.29, 0.717) is 63.5 Å². The lowest BCUT2D eigenvalue weighted by Gasteiger charge is -2.02. The van der Waals surface area contributed by atoms with Crippen molar-refractivity contribution in [3.05, 3.63) is 12.2 Å². The highest BCUT2D eigenvalue weighted by molar-refractivity contribution is 6.18. The lowest BCUT2D eigenvalue weighted by atomic mass is 10.2. The van der Waals surface area contributed by atoms with Gasteiger partial charge in [-0.05, 0) is 25.7 Å². The first-order chi connectivity index (χ1) is 9.70. The van der Waals surface area contributed by atoms with Gasteiger partial charge in [-0.3, -0.25) is 9.59 Å². The number of rotatable bonds is 12. The molecule has 0 aromatic carbocycles. The van der Waals surface area contributed by atoms with E-state index < -0.39 is 0 Å². The maximum atomic E-state index is 11.2. The van der Waals surface area contributed by atoms with Crippen LogP contribution in [0.25, 0.3) is 0 Å². The van der Waals surface area contributed by atoms with Gasteiger partial charge < -0.3 is 9.47 Å². The molecule has 0 radical (unpaired) electrons. The molecule has 0 aliphatic heterocycles. The van der Waals surface area contributed by atoms with Crippen LogP contribution in [0.5, 0.6) is 0 Å². The third kappa shape index (κ3) is 13.7. The van der Waals surface area contributed by atoms with Gasteiger partial charge in [0.25, 0.3) is 0 Å². The van der Waals surface area contributed by atoms with Crippen molar-refractivity contribution in [1.29, 1.82) is 0 Å². The smallest absolute Gasteiger partial charge is 0.306 e. The fourth-order valence-corrected chi connectivity index (χ4v) is 1.48. The summed E-state index contributed by atoms with van der Waals surface area (Å²) in [5, 5.41) is 0. The van der Waals surface area contributed by atoms with Crippen molar-refractivity contribution in [2.24, 2.45) is 0 Å². The van der Waals surface area contributed by atoms with Gasteiger partial charge in [-0.25, -0.2) is 0 Å². The molecule has 0 spiro atoms. The minimum atomic E-state index is -0.222. The summed E-state index contributed by atoms with van der Waals surface area (Å²) in [5.41, 5.74) is 0. The zero-order chi connectivity index (χ0) is 15.1. The third-order valence-corrected chi connectivity index (χ3v) is 2.81. The van der Waals surface area contributed by atoms with Crippen LogP contribution in [0.4, 0.5) is 0 Å². The lowest BCUT2D eigenvalue weighted by Crippen LogP contribution is -2.05. The van der Waals surface area contributed by atoms with Crippen LogP contribution in [-0.4, -0.2) is 36.9 Å². The molecular weight excluding hydrogens is 303 g/mol. The van der Waals surface area contributed by atoms with Crippen molar-refractivity contribution in [3.63, 3.8) is 0 Å². The van der Waals surface area contributed by atoms with Crippen molar-refractivity contribution in [2.45, 2.75) is 38.5 Å². The van der Waals surface area contributed by atoms with Gasteiger partial charge in [-0.1, -0.05) is 12.2 Å². The summed E-state index contributed by atoms with van der Waals surface area (Å²) in [6, 6.07) is 0. The van der Waals surface area contributed by atoms with Crippen molar-refractivity contribution < 1.29 is 19.1 Å². The summed E-state index contributed by atoms with van der Waals surface area (Å²) in [7, 11) is 0. The predicted octanol–water partition coefficient (Wildman–Crippen LogP) is 3.45. The molecule has 0 heterocycles. The standard InChI is InChI=1S/C14H22Cl2O4/c15-9-5-11-19-13(17)7-3-1-2-4-8-14(18)20-12-6-10-16/h1-2H,3-12H2. The number of allylic oxidation sites excluding steroid dienone is 2. The van der Waals surface area contributed by atoms with E-state index >= 15 is 0 Å². The Morgan fingerprint density at radius 2 is 1.20 bits per heavy atom. The number of carbonyl (C=O) groups excluding carboxylic acids is 2. The van der Waals surface area contributed by atoms with E-state index in [1.807, 2.05) is 12.2 Å². The van der Waals surface area contributed by atoms with E-state index in [2.05, 4.69) is 0 Å². The van der Waals surface area contributed by atoms with E-state index in [4.69, 9.17) is 32.7 Å².